The molecule has 1 atom stereocenters. The van der Waals surface area contributed by atoms with Crippen molar-refractivity contribution in [3.8, 4) is 0 Å². The topological polar surface area (TPSA) is 58.2 Å². The Kier molecular flexibility index (Phi) is 5.02. The average Bonchev–Trinajstić information content (AvgIpc) is 2.11. The zero-order chi connectivity index (χ0) is 11.3. The lowest BCUT2D eigenvalue weighted by Crippen LogP contribution is -2.35. The lowest BCUT2D eigenvalue weighted by Gasteiger charge is -2.28. The van der Waals surface area contributed by atoms with Gasteiger partial charge in [-0.05, 0) is 26.3 Å². The van der Waals surface area contributed by atoms with Crippen molar-refractivity contribution in [2.75, 3.05) is 19.3 Å². The van der Waals surface area contributed by atoms with E-state index in [1.807, 2.05) is 0 Å². The first-order valence-corrected chi connectivity index (χ1v) is 7.33. The van der Waals surface area contributed by atoms with Crippen LogP contribution in [0.2, 0.25) is 0 Å². The SMILES string of the molecule is CNS(=O)(=O)CCNC(C)CC1CCC1. The third-order valence-corrected chi connectivity index (χ3v) is 4.45. The molecule has 1 rings (SSSR count). The summed E-state index contributed by atoms with van der Waals surface area (Å²) in [5, 5.41) is 3.25. The minimum atomic E-state index is -3.05. The Bertz CT molecular complexity index is 273. The highest BCUT2D eigenvalue weighted by Gasteiger charge is 2.19. The Hall–Kier alpha value is -0.130. The second-order valence-corrected chi connectivity index (χ2v) is 6.46. The fourth-order valence-electron chi connectivity index (χ4n) is 1.85. The number of hydrogen-bond donors (Lipinski definition) is 2. The lowest BCUT2D eigenvalue weighted by molar-refractivity contribution is 0.267. The molecule has 1 aliphatic carbocycles. The molecule has 1 fully saturated rings. The average molecular weight is 234 g/mol. The van der Waals surface area contributed by atoms with Crippen molar-refractivity contribution in [3.05, 3.63) is 0 Å². The van der Waals surface area contributed by atoms with Crippen LogP contribution in [-0.2, 0) is 10.0 Å². The van der Waals surface area contributed by atoms with E-state index >= 15 is 0 Å². The summed E-state index contributed by atoms with van der Waals surface area (Å²) in [5.74, 6) is 1.03. The van der Waals surface area contributed by atoms with Gasteiger partial charge in [0.2, 0.25) is 10.0 Å². The molecular formula is C10H22N2O2S. The van der Waals surface area contributed by atoms with E-state index in [2.05, 4.69) is 17.0 Å². The second kappa shape index (κ2) is 5.82. The van der Waals surface area contributed by atoms with Gasteiger partial charge in [-0.15, -0.1) is 0 Å². The maximum atomic E-state index is 11.1. The van der Waals surface area contributed by atoms with Gasteiger partial charge in [0.05, 0.1) is 5.75 Å². The Morgan fingerprint density at radius 1 is 1.40 bits per heavy atom. The van der Waals surface area contributed by atoms with Crippen LogP contribution in [0.5, 0.6) is 0 Å². The molecule has 0 spiro atoms. The van der Waals surface area contributed by atoms with Gasteiger partial charge in [-0.3, -0.25) is 0 Å². The van der Waals surface area contributed by atoms with Gasteiger partial charge in [-0.1, -0.05) is 19.3 Å². The summed E-state index contributed by atoms with van der Waals surface area (Å²) in [6, 6.07) is 0.433. The van der Waals surface area contributed by atoms with E-state index in [1.54, 1.807) is 0 Å². The molecule has 0 aromatic carbocycles. The highest BCUT2D eigenvalue weighted by Crippen LogP contribution is 2.30. The van der Waals surface area contributed by atoms with Crippen LogP contribution in [0, 0.1) is 5.92 Å². The first kappa shape index (κ1) is 12.9. The molecule has 1 unspecified atom stereocenters. The van der Waals surface area contributed by atoms with E-state index in [4.69, 9.17) is 0 Å². The summed E-state index contributed by atoms with van der Waals surface area (Å²) in [6.45, 7) is 2.67. The predicted octanol–water partition coefficient (Wildman–Crippen LogP) is 0.704. The van der Waals surface area contributed by atoms with Gasteiger partial charge >= 0.3 is 0 Å². The maximum absolute atomic E-state index is 11.1. The molecule has 1 saturated carbocycles. The third kappa shape index (κ3) is 4.95. The Morgan fingerprint density at radius 2 is 2.07 bits per heavy atom. The zero-order valence-corrected chi connectivity index (χ0v) is 10.4. The van der Waals surface area contributed by atoms with Crippen LogP contribution in [0.15, 0.2) is 0 Å². The molecule has 0 aliphatic heterocycles. The quantitative estimate of drug-likeness (QED) is 0.682. The Labute approximate surface area is 92.9 Å². The van der Waals surface area contributed by atoms with Crippen molar-refractivity contribution in [2.24, 2.45) is 5.92 Å². The van der Waals surface area contributed by atoms with E-state index in [0.717, 1.165) is 5.92 Å². The summed E-state index contributed by atoms with van der Waals surface area (Å²) in [4.78, 5) is 0. The van der Waals surface area contributed by atoms with Gasteiger partial charge in [-0.25, -0.2) is 13.1 Å². The smallest absolute Gasteiger partial charge is 0.212 e. The van der Waals surface area contributed by atoms with Crippen molar-refractivity contribution in [1.29, 1.82) is 0 Å². The summed E-state index contributed by atoms with van der Waals surface area (Å²) < 4.78 is 24.5. The van der Waals surface area contributed by atoms with Crippen LogP contribution in [0.1, 0.15) is 32.6 Å². The molecular weight excluding hydrogens is 212 g/mol. The second-order valence-electron chi connectivity index (χ2n) is 4.41. The first-order valence-electron chi connectivity index (χ1n) is 5.68. The highest BCUT2D eigenvalue weighted by molar-refractivity contribution is 7.89. The molecule has 0 aromatic rings. The summed E-state index contributed by atoms with van der Waals surface area (Å²) in [6.07, 6.45) is 5.24. The summed E-state index contributed by atoms with van der Waals surface area (Å²) >= 11 is 0. The van der Waals surface area contributed by atoms with E-state index < -0.39 is 10.0 Å². The van der Waals surface area contributed by atoms with Crippen molar-refractivity contribution < 1.29 is 8.42 Å². The first-order chi connectivity index (χ1) is 7.03. The molecule has 15 heavy (non-hydrogen) atoms. The van der Waals surface area contributed by atoms with Crippen molar-refractivity contribution in [1.82, 2.24) is 10.0 Å². The van der Waals surface area contributed by atoms with E-state index in [-0.39, 0.29) is 5.75 Å². The molecule has 0 bridgehead atoms. The summed E-state index contributed by atoms with van der Waals surface area (Å²) in [7, 11) is -1.60. The molecule has 0 heterocycles. The zero-order valence-electron chi connectivity index (χ0n) is 9.62. The van der Waals surface area contributed by atoms with E-state index in [9.17, 15) is 8.42 Å². The van der Waals surface area contributed by atoms with Crippen LogP contribution in [0.25, 0.3) is 0 Å². The van der Waals surface area contributed by atoms with Crippen molar-refractivity contribution in [3.63, 3.8) is 0 Å². The number of rotatable bonds is 7. The minimum Gasteiger partial charge on any atom is -0.313 e. The van der Waals surface area contributed by atoms with Crippen molar-refractivity contribution in [2.45, 2.75) is 38.6 Å². The van der Waals surface area contributed by atoms with Crippen LogP contribution in [-0.4, -0.2) is 33.8 Å². The molecule has 0 radical (unpaired) electrons. The molecule has 2 N–H and O–H groups in total. The Balaban J connectivity index is 2.08. The molecule has 0 saturated heterocycles. The summed E-state index contributed by atoms with van der Waals surface area (Å²) in [5.41, 5.74) is 0. The monoisotopic (exact) mass is 234 g/mol. The molecule has 0 aromatic heterocycles. The molecule has 0 amide bonds. The molecule has 4 nitrogen and oxygen atoms in total. The lowest BCUT2D eigenvalue weighted by atomic mass is 9.81. The molecule has 5 heteroatoms. The molecule has 1 aliphatic rings. The van der Waals surface area contributed by atoms with E-state index in [0.29, 0.717) is 12.6 Å². The third-order valence-electron chi connectivity index (χ3n) is 3.09. The van der Waals surface area contributed by atoms with Crippen LogP contribution < -0.4 is 10.0 Å². The van der Waals surface area contributed by atoms with Crippen molar-refractivity contribution >= 4 is 10.0 Å². The van der Waals surface area contributed by atoms with Gasteiger partial charge < -0.3 is 5.32 Å². The molecule has 90 valence electrons. The fourth-order valence-corrected chi connectivity index (χ4v) is 2.44. The van der Waals surface area contributed by atoms with Gasteiger partial charge in [0, 0.05) is 12.6 Å². The number of nitrogens with one attached hydrogen (secondary N) is 2. The maximum Gasteiger partial charge on any atom is 0.212 e. The van der Waals surface area contributed by atoms with Gasteiger partial charge in [0.15, 0.2) is 0 Å². The number of hydrogen-bond acceptors (Lipinski definition) is 3. The Morgan fingerprint density at radius 3 is 2.53 bits per heavy atom. The predicted molar refractivity (Wildman–Crippen MR) is 62.3 cm³/mol. The largest absolute Gasteiger partial charge is 0.313 e. The highest BCUT2D eigenvalue weighted by atomic mass is 32.2. The minimum absolute atomic E-state index is 0.165. The van der Waals surface area contributed by atoms with Gasteiger partial charge in [0.1, 0.15) is 0 Å². The van der Waals surface area contributed by atoms with Gasteiger partial charge in [-0.2, -0.15) is 0 Å². The van der Waals surface area contributed by atoms with Crippen LogP contribution >= 0.6 is 0 Å². The number of sulfonamides is 1. The van der Waals surface area contributed by atoms with E-state index in [1.165, 1.54) is 32.7 Å². The van der Waals surface area contributed by atoms with Crippen LogP contribution in [0.3, 0.4) is 0 Å². The fraction of sp³-hybridized carbons (Fsp3) is 1.00. The van der Waals surface area contributed by atoms with Gasteiger partial charge in [0.25, 0.3) is 0 Å². The van der Waals surface area contributed by atoms with Crippen LogP contribution in [0.4, 0.5) is 0 Å². The normalized spacial score (nSPS) is 19.9. The standard InChI is InChI=1S/C10H22N2O2S/c1-9(8-10-4-3-5-10)12-6-7-15(13,14)11-2/h9-12H,3-8H2,1-2H3.